The summed E-state index contributed by atoms with van der Waals surface area (Å²) in [6, 6.07) is -2.61. The highest BCUT2D eigenvalue weighted by Gasteiger charge is 2.27. The van der Waals surface area contributed by atoms with Gasteiger partial charge in [-0.2, -0.15) is 0 Å². The molecule has 2 atom stereocenters. The van der Waals surface area contributed by atoms with Crippen molar-refractivity contribution in [3.63, 3.8) is 0 Å². The SMILES string of the molecule is Cn1cc(CC(N)C(=O)OC(=O)[C@@H](N)Cc2cnc([N+](=O)[O-])[nH]2)nc1[N+](=O)[O-]. The molecular formula is C13H16N8O7. The molecule has 0 fully saturated rings. The van der Waals surface area contributed by atoms with Crippen LogP contribution in [0.25, 0.3) is 0 Å². The van der Waals surface area contributed by atoms with Gasteiger partial charge in [-0.25, -0.2) is 19.1 Å². The number of hydrogen-bond acceptors (Lipinski definition) is 11. The summed E-state index contributed by atoms with van der Waals surface area (Å²) in [5.41, 5.74) is 11.6. The van der Waals surface area contributed by atoms with Crippen molar-refractivity contribution in [2.75, 3.05) is 0 Å². The summed E-state index contributed by atoms with van der Waals surface area (Å²) in [6.07, 6.45) is 2.07. The first kappa shape index (κ1) is 20.6. The molecule has 0 bridgehead atoms. The van der Waals surface area contributed by atoms with E-state index in [2.05, 4.69) is 19.7 Å². The fraction of sp³-hybridized carbons (Fsp3) is 0.385. The second-order valence-corrected chi connectivity index (χ2v) is 5.75. The van der Waals surface area contributed by atoms with Crippen molar-refractivity contribution >= 4 is 23.8 Å². The topological polar surface area (TPSA) is 228 Å². The lowest BCUT2D eigenvalue weighted by atomic mass is 10.1. The van der Waals surface area contributed by atoms with Crippen LogP contribution in [0, 0.1) is 20.2 Å². The molecule has 0 amide bonds. The number of aryl methyl sites for hydroxylation is 1. The maximum Gasteiger partial charge on any atom is 0.434 e. The second kappa shape index (κ2) is 8.31. The van der Waals surface area contributed by atoms with Crippen LogP contribution in [0.4, 0.5) is 11.9 Å². The fourth-order valence-electron chi connectivity index (χ4n) is 2.21. The maximum atomic E-state index is 11.9. The first-order chi connectivity index (χ1) is 13.1. The van der Waals surface area contributed by atoms with Crippen molar-refractivity contribution in [3.8, 4) is 0 Å². The summed E-state index contributed by atoms with van der Waals surface area (Å²) in [6.45, 7) is 0. The number of nitrogens with zero attached hydrogens (tertiary/aromatic N) is 5. The molecule has 2 aromatic rings. The van der Waals surface area contributed by atoms with E-state index in [-0.39, 0.29) is 24.2 Å². The normalized spacial score (nSPS) is 13.0. The van der Waals surface area contributed by atoms with Gasteiger partial charge in [0.15, 0.2) is 5.69 Å². The van der Waals surface area contributed by atoms with Crippen molar-refractivity contribution in [2.24, 2.45) is 18.5 Å². The van der Waals surface area contributed by atoms with Crippen LogP contribution in [0.15, 0.2) is 12.4 Å². The van der Waals surface area contributed by atoms with E-state index in [0.29, 0.717) is 0 Å². The Labute approximate surface area is 156 Å². The molecule has 0 aliphatic carbocycles. The maximum absolute atomic E-state index is 11.9. The summed E-state index contributed by atoms with van der Waals surface area (Å²) in [5.74, 6) is -3.13. The van der Waals surface area contributed by atoms with E-state index in [4.69, 9.17) is 11.5 Å². The summed E-state index contributed by atoms with van der Waals surface area (Å²) in [5, 5.41) is 21.3. The first-order valence-electron chi connectivity index (χ1n) is 7.70. The minimum absolute atomic E-state index is 0.167. The molecule has 0 aromatic carbocycles. The van der Waals surface area contributed by atoms with E-state index >= 15 is 0 Å². The van der Waals surface area contributed by atoms with Crippen molar-refractivity contribution in [3.05, 3.63) is 44.0 Å². The van der Waals surface area contributed by atoms with Crippen LogP contribution >= 0.6 is 0 Å². The lowest BCUT2D eigenvalue weighted by molar-refractivity contribution is -0.396. The molecular weight excluding hydrogens is 380 g/mol. The minimum atomic E-state index is -1.31. The monoisotopic (exact) mass is 396 g/mol. The number of rotatable bonds is 8. The summed E-state index contributed by atoms with van der Waals surface area (Å²) in [7, 11) is 1.40. The van der Waals surface area contributed by atoms with E-state index in [0.717, 1.165) is 10.8 Å². The first-order valence-corrected chi connectivity index (χ1v) is 7.70. The van der Waals surface area contributed by atoms with Crippen molar-refractivity contribution in [1.82, 2.24) is 19.5 Å². The highest BCUT2D eigenvalue weighted by Crippen LogP contribution is 2.11. The van der Waals surface area contributed by atoms with Gasteiger partial charge in [0.1, 0.15) is 30.2 Å². The molecule has 0 aliphatic rings. The van der Waals surface area contributed by atoms with Gasteiger partial charge in [-0.1, -0.05) is 9.97 Å². The number of nitrogens with two attached hydrogens (primary N) is 2. The molecule has 28 heavy (non-hydrogen) atoms. The number of hydrogen-bond donors (Lipinski definition) is 3. The molecule has 1 unspecified atom stereocenters. The van der Waals surface area contributed by atoms with Gasteiger partial charge >= 0.3 is 23.8 Å². The molecule has 0 radical (unpaired) electrons. The van der Waals surface area contributed by atoms with Crippen LogP contribution < -0.4 is 11.5 Å². The largest absolute Gasteiger partial charge is 0.434 e. The number of aromatic amines is 1. The minimum Gasteiger partial charge on any atom is -0.391 e. The number of imidazole rings is 2. The Bertz CT molecular complexity index is 920. The number of carbonyl (C=O) groups excluding carboxylic acids is 2. The van der Waals surface area contributed by atoms with Gasteiger partial charge < -0.3 is 36.4 Å². The van der Waals surface area contributed by atoms with Gasteiger partial charge in [-0.3, -0.25) is 0 Å². The summed E-state index contributed by atoms with van der Waals surface area (Å²) in [4.78, 5) is 53.2. The predicted octanol–water partition coefficient (Wildman–Crippen LogP) is -1.53. The zero-order chi connectivity index (χ0) is 21.0. The number of ether oxygens (including phenoxy) is 1. The predicted molar refractivity (Wildman–Crippen MR) is 89.6 cm³/mol. The molecule has 0 spiro atoms. The molecule has 15 nitrogen and oxygen atoms in total. The number of aromatic nitrogens is 4. The second-order valence-electron chi connectivity index (χ2n) is 5.75. The number of esters is 2. The van der Waals surface area contributed by atoms with Crippen LogP contribution in [0.1, 0.15) is 11.4 Å². The van der Waals surface area contributed by atoms with E-state index < -0.39 is 45.8 Å². The number of carbonyl (C=O) groups is 2. The molecule has 5 N–H and O–H groups in total. The number of nitrogens with one attached hydrogen (secondary N) is 1. The third kappa shape index (κ3) is 4.92. The van der Waals surface area contributed by atoms with Gasteiger partial charge in [0.05, 0.1) is 7.05 Å². The Morgan fingerprint density at radius 1 is 1.21 bits per heavy atom. The van der Waals surface area contributed by atoms with E-state index in [1.165, 1.54) is 13.2 Å². The Morgan fingerprint density at radius 3 is 2.32 bits per heavy atom. The van der Waals surface area contributed by atoms with Crippen LogP contribution in [-0.2, 0) is 34.2 Å². The van der Waals surface area contributed by atoms with E-state index in [9.17, 15) is 29.8 Å². The zero-order valence-corrected chi connectivity index (χ0v) is 14.5. The van der Waals surface area contributed by atoms with Gasteiger partial charge in [-0.05, 0) is 9.85 Å². The van der Waals surface area contributed by atoms with Gasteiger partial charge in [0, 0.05) is 12.8 Å². The molecule has 2 heterocycles. The Balaban J connectivity index is 1.91. The van der Waals surface area contributed by atoms with Crippen LogP contribution in [0.3, 0.4) is 0 Å². The molecule has 0 saturated heterocycles. The Kier molecular flexibility index (Phi) is 6.11. The summed E-state index contributed by atoms with van der Waals surface area (Å²) < 4.78 is 5.74. The van der Waals surface area contributed by atoms with Crippen LogP contribution in [0.2, 0.25) is 0 Å². The van der Waals surface area contributed by atoms with E-state index in [1.807, 2.05) is 0 Å². The van der Waals surface area contributed by atoms with Gasteiger partial charge in [0.25, 0.3) is 0 Å². The molecule has 2 aromatic heterocycles. The highest BCUT2D eigenvalue weighted by molar-refractivity contribution is 5.90. The van der Waals surface area contributed by atoms with E-state index in [1.54, 1.807) is 0 Å². The average Bonchev–Trinajstić information content (AvgIpc) is 3.21. The Hall–Kier alpha value is -3.72. The molecule has 0 saturated carbocycles. The van der Waals surface area contributed by atoms with Crippen LogP contribution in [-0.4, -0.2) is 53.4 Å². The lowest BCUT2D eigenvalue weighted by Crippen LogP contribution is -2.41. The van der Waals surface area contributed by atoms with Crippen molar-refractivity contribution in [2.45, 2.75) is 24.9 Å². The molecule has 0 aliphatic heterocycles. The summed E-state index contributed by atoms with van der Waals surface area (Å²) >= 11 is 0. The number of nitro groups is 2. The molecule has 150 valence electrons. The third-order valence-electron chi connectivity index (χ3n) is 3.53. The van der Waals surface area contributed by atoms with Crippen LogP contribution in [0.5, 0.6) is 0 Å². The fourth-order valence-corrected chi connectivity index (χ4v) is 2.21. The average molecular weight is 396 g/mol. The highest BCUT2D eigenvalue weighted by atomic mass is 16.6. The molecule has 2 rings (SSSR count). The Morgan fingerprint density at radius 2 is 1.82 bits per heavy atom. The van der Waals surface area contributed by atoms with Crippen molar-refractivity contribution < 1.29 is 24.2 Å². The van der Waals surface area contributed by atoms with Crippen molar-refractivity contribution in [1.29, 1.82) is 0 Å². The quantitative estimate of drug-likeness (QED) is 0.200. The standard InChI is InChI=1S/C13H16N8O7/c1-19-5-7(18-13(19)21(26)27)3-9(15)11(23)28-10(22)8(14)2-6-4-16-12(17-6)20(24)25/h4-5,8-9H,2-3,14-15H2,1H3,(H,16,17)/t8-,9?/m0/s1. The zero-order valence-electron chi connectivity index (χ0n) is 14.5. The molecule has 15 heteroatoms. The lowest BCUT2D eigenvalue weighted by Gasteiger charge is -2.11. The van der Waals surface area contributed by atoms with Gasteiger partial charge in [0.2, 0.25) is 0 Å². The van der Waals surface area contributed by atoms with Gasteiger partial charge in [-0.15, -0.1) is 0 Å². The number of H-pyrrole nitrogens is 1. The smallest absolute Gasteiger partial charge is 0.391 e. The third-order valence-corrected chi connectivity index (χ3v) is 3.53.